The van der Waals surface area contributed by atoms with Gasteiger partial charge in [0.15, 0.2) is 0 Å². The van der Waals surface area contributed by atoms with Crippen molar-refractivity contribution in [2.45, 2.75) is 69.2 Å². The lowest BCUT2D eigenvalue weighted by molar-refractivity contribution is 0.185. The molecule has 0 radical (unpaired) electrons. The van der Waals surface area contributed by atoms with Gasteiger partial charge in [-0.1, -0.05) is 69.2 Å². The Kier molecular flexibility index (Phi) is 8.23. The number of hydrogen-bond donors (Lipinski definition) is 0. The second-order valence-corrected chi connectivity index (χ2v) is 6.62. The van der Waals surface area contributed by atoms with Crippen LogP contribution in [0.3, 0.4) is 0 Å². The Morgan fingerprint density at radius 2 is 1.10 bits per heavy atom. The Hall–Kier alpha value is -0.720. The molecule has 0 bridgehead atoms. The van der Waals surface area contributed by atoms with Gasteiger partial charge >= 0.3 is 0 Å². The molecule has 1 heteroatoms. The molecule has 0 N–H and O–H groups in total. The van der Waals surface area contributed by atoms with Crippen molar-refractivity contribution >= 4 is 0 Å². The van der Waals surface area contributed by atoms with Crippen LogP contribution in [0.4, 0.5) is 0 Å². The van der Waals surface area contributed by atoms with Crippen LogP contribution in [0.15, 0.2) is 22.5 Å². The number of ether oxygens (including phenoxy) is 1. The fraction of sp³-hybridized carbons (Fsp3) is 0.789. The Balaban J connectivity index is 0.00000172. The summed E-state index contributed by atoms with van der Waals surface area (Å²) in [6.45, 7) is 23.0. The van der Waals surface area contributed by atoms with E-state index in [0.29, 0.717) is 23.7 Å². The third-order valence-electron chi connectivity index (χ3n) is 3.66. The molecular formula is C19H36O. The molecule has 0 fully saturated rings. The lowest BCUT2D eigenvalue weighted by Gasteiger charge is -2.34. The van der Waals surface area contributed by atoms with E-state index in [1.54, 1.807) is 5.57 Å². The topological polar surface area (TPSA) is 9.23 Å². The van der Waals surface area contributed by atoms with Crippen molar-refractivity contribution in [1.82, 2.24) is 0 Å². The molecule has 118 valence electrons. The van der Waals surface area contributed by atoms with Gasteiger partial charge in [-0.05, 0) is 34.5 Å². The zero-order valence-electron chi connectivity index (χ0n) is 15.4. The maximum atomic E-state index is 6.09. The van der Waals surface area contributed by atoms with Crippen LogP contribution in [-0.4, -0.2) is 6.61 Å². The van der Waals surface area contributed by atoms with Crippen molar-refractivity contribution in [2.24, 2.45) is 23.7 Å². The molecule has 1 aliphatic heterocycles. The first-order valence-electron chi connectivity index (χ1n) is 8.37. The fourth-order valence-electron chi connectivity index (χ4n) is 2.85. The molecule has 0 saturated carbocycles. The molecule has 1 rings (SSSR count). The van der Waals surface area contributed by atoms with Gasteiger partial charge in [-0.15, -0.1) is 0 Å². The van der Waals surface area contributed by atoms with E-state index in [4.69, 9.17) is 4.74 Å². The van der Waals surface area contributed by atoms with Gasteiger partial charge in [0.1, 0.15) is 12.4 Å². The van der Waals surface area contributed by atoms with E-state index in [1.807, 2.05) is 13.8 Å². The second-order valence-electron chi connectivity index (χ2n) is 6.62. The minimum atomic E-state index is 0.477. The highest BCUT2D eigenvalue weighted by atomic mass is 16.5. The molecule has 0 spiro atoms. The molecule has 0 aromatic carbocycles. The van der Waals surface area contributed by atoms with E-state index in [2.05, 4.69) is 55.4 Å². The first-order chi connectivity index (χ1) is 9.27. The highest BCUT2D eigenvalue weighted by molar-refractivity contribution is 5.43. The van der Waals surface area contributed by atoms with Crippen LogP contribution in [0, 0.1) is 23.7 Å². The van der Waals surface area contributed by atoms with Gasteiger partial charge in [-0.3, -0.25) is 0 Å². The van der Waals surface area contributed by atoms with Crippen LogP contribution in [0.2, 0.25) is 0 Å². The molecule has 1 aliphatic rings. The van der Waals surface area contributed by atoms with Gasteiger partial charge in [-0.25, -0.2) is 0 Å². The molecule has 0 atom stereocenters. The molecule has 0 aliphatic carbocycles. The van der Waals surface area contributed by atoms with Gasteiger partial charge in [0, 0.05) is 5.92 Å². The van der Waals surface area contributed by atoms with Gasteiger partial charge in [-0.2, -0.15) is 0 Å². The normalized spacial score (nSPS) is 16.1. The first-order valence-corrected chi connectivity index (χ1v) is 8.37. The van der Waals surface area contributed by atoms with E-state index in [0.717, 1.165) is 6.61 Å². The van der Waals surface area contributed by atoms with Crippen molar-refractivity contribution in [3.63, 3.8) is 0 Å². The zero-order chi connectivity index (χ0) is 16.0. The van der Waals surface area contributed by atoms with Crippen molar-refractivity contribution in [3.05, 3.63) is 22.5 Å². The summed E-state index contributed by atoms with van der Waals surface area (Å²) < 4.78 is 6.09. The maximum absolute atomic E-state index is 6.09. The van der Waals surface area contributed by atoms with Crippen LogP contribution in [0.5, 0.6) is 0 Å². The molecule has 0 amide bonds. The van der Waals surface area contributed by atoms with E-state index in [-0.39, 0.29) is 0 Å². The largest absolute Gasteiger partial charge is 0.493 e. The lowest BCUT2D eigenvalue weighted by Crippen LogP contribution is -2.23. The van der Waals surface area contributed by atoms with E-state index in [9.17, 15) is 0 Å². The molecule has 1 nitrogen and oxygen atoms in total. The molecule has 0 unspecified atom stereocenters. The standard InChI is InChI=1S/C17H30O.C2H6/c1-10(2)14-9-18-17(13(7)8)16(12(5)6)15(14)11(3)4;1-2/h10-13H,9H2,1-8H3;1-2H3. The molecular weight excluding hydrogens is 244 g/mol. The number of allylic oxidation sites excluding steroid dienone is 3. The van der Waals surface area contributed by atoms with Crippen LogP contribution in [0.1, 0.15) is 69.2 Å². The summed E-state index contributed by atoms with van der Waals surface area (Å²) in [5.74, 6) is 3.39. The summed E-state index contributed by atoms with van der Waals surface area (Å²) in [4.78, 5) is 0. The monoisotopic (exact) mass is 280 g/mol. The van der Waals surface area contributed by atoms with Crippen molar-refractivity contribution in [2.75, 3.05) is 6.61 Å². The fourth-order valence-corrected chi connectivity index (χ4v) is 2.85. The SMILES string of the molecule is CC.CC(C)C1=C(C(C)C)C(C(C)C)=C(C(C)C)OC1. The second kappa shape index (κ2) is 8.54. The summed E-state index contributed by atoms with van der Waals surface area (Å²) in [7, 11) is 0. The van der Waals surface area contributed by atoms with E-state index >= 15 is 0 Å². The Bertz CT molecular complexity index is 318. The van der Waals surface area contributed by atoms with Gasteiger partial charge in [0.25, 0.3) is 0 Å². The van der Waals surface area contributed by atoms with Gasteiger partial charge in [0.2, 0.25) is 0 Å². The summed E-state index contributed by atoms with van der Waals surface area (Å²) in [6, 6.07) is 0. The summed E-state index contributed by atoms with van der Waals surface area (Å²) in [6.07, 6.45) is 0. The molecule has 0 saturated heterocycles. The maximum Gasteiger partial charge on any atom is 0.110 e. The van der Waals surface area contributed by atoms with Crippen LogP contribution in [0.25, 0.3) is 0 Å². The van der Waals surface area contributed by atoms with Crippen molar-refractivity contribution in [1.29, 1.82) is 0 Å². The van der Waals surface area contributed by atoms with E-state index in [1.165, 1.54) is 16.9 Å². The third-order valence-corrected chi connectivity index (χ3v) is 3.66. The first kappa shape index (κ1) is 19.3. The summed E-state index contributed by atoms with van der Waals surface area (Å²) >= 11 is 0. The third kappa shape index (κ3) is 4.40. The number of hydrogen-bond acceptors (Lipinski definition) is 1. The van der Waals surface area contributed by atoms with Crippen molar-refractivity contribution in [3.8, 4) is 0 Å². The average molecular weight is 280 g/mol. The summed E-state index contributed by atoms with van der Waals surface area (Å²) in [5.41, 5.74) is 4.53. The molecule has 1 heterocycles. The highest BCUT2D eigenvalue weighted by Crippen LogP contribution is 2.39. The Morgan fingerprint density at radius 3 is 1.40 bits per heavy atom. The van der Waals surface area contributed by atoms with Crippen molar-refractivity contribution < 1.29 is 4.74 Å². The Morgan fingerprint density at radius 1 is 0.650 bits per heavy atom. The summed E-state index contributed by atoms with van der Waals surface area (Å²) in [5, 5.41) is 0. The van der Waals surface area contributed by atoms with Crippen LogP contribution in [-0.2, 0) is 4.74 Å². The van der Waals surface area contributed by atoms with Gasteiger partial charge in [0.05, 0.1) is 0 Å². The molecule has 0 aromatic rings. The zero-order valence-corrected chi connectivity index (χ0v) is 15.4. The highest BCUT2D eigenvalue weighted by Gasteiger charge is 2.29. The minimum absolute atomic E-state index is 0.477. The average Bonchev–Trinajstić information content (AvgIpc) is 2.38. The Labute approximate surface area is 127 Å². The smallest absolute Gasteiger partial charge is 0.110 e. The predicted octanol–water partition coefficient (Wildman–Crippen LogP) is 6.22. The predicted molar refractivity (Wildman–Crippen MR) is 90.7 cm³/mol. The lowest BCUT2D eigenvalue weighted by atomic mass is 9.78. The molecule has 0 aromatic heterocycles. The van der Waals surface area contributed by atoms with Gasteiger partial charge < -0.3 is 4.74 Å². The van der Waals surface area contributed by atoms with Crippen LogP contribution < -0.4 is 0 Å². The minimum Gasteiger partial charge on any atom is -0.493 e. The number of rotatable bonds is 4. The van der Waals surface area contributed by atoms with Crippen LogP contribution >= 0.6 is 0 Å². The molecule has 20 heavy (non-hydrogen) atoms. The quantitative estimate of drug-likeness (QED) is 0.594. The van der Waals surface area contributed by atoms with E-state index < -0.39 is 0 Å².